The largest absolute Gasteiger partial charge is 0.465 e. The van der Waals surface area contributed by atoms with E-state index in [1.807, 2.05) is 6.92 Å². The predicted molar refractivity (Wildman–Crippen MR) is 74.7 cm³/mol. The molecule has 21 heavy (non-hydrogen) atoms. The summed E-state index contributed by atoms with van der Waals surface area (Å²) in [6, 6.07) is 3.42. The average Bonchev–Trinajstić information content (AvgIpc) is 2.47. The Morgan fingerprint density at radius 1 is 1.10 bits per heavy atom. The summed E-state index contributed by atoms with van der Waals surface area (Å²) < 4.78 is 9.60. The zero-order chi connectivity index (χ0) is 15.8. The second-order valence-corrected chi connectivity index (χ2v) is 4.17. The minimum absolute atomic E-state index is 0.0743. The maximum Gasteiger partial charge on any atom is 0.328 e. The van der Waals surface area contributed by atoms with Crippen molar-refractivity contribution in [3.63, 3.8) is 0 Å². The van der Waals surface area contributed by atoms with Crippen molar-refractivity contribution in [2.75, 3.05) is 13.2 Å². The van der Waals surface area contributed by atoms with Gasteiger partial charge in [0.2, 0.25) is 11.7 Å². The molecule has 0 amide bonds. The number of pyridine rings is 1. The first-order valence-corrected chi connectivity index (χ1v) is 6.88. The van der Waals surface area contributed by atoms with E-state index in [1.54, 1.807) is 26.0 Å². The third kappa shape index (κ3) is 4.11. The van der Waals surface area contributed by atoms with Gasteiger partial charge in [-0.15, -0.1) is 0 Å². The Morgan fingerprint density at radius 3 is 2.14 bits per heavy atom. The Bertz CT molecular complexity index is 509. The van der Waals surface area contributed by atoms with Crippen LogP contribution >= 0.6 is 0 Å². The number of Topliss-reactive ketones (excluding diaryl/α,β-unsaturated/α-hetero) is 1. The van der Waals surface area contributed by atoms with Crippen molar-refractivity contribution in [2.24, 2.45) is 5.92 Å². The van der Waals surface area contributed by atoms with Crippen LogP contribution in [0.15, 0.2) is 18.3 Å². The highest BCUT2D eigenvalue weighted by Gasteiger charge is 2.38. The third-order valence-electron chi connectivity index (χ3n) is 2.81. The minimum Gasteiger partial charge on any atom is -0.465 e. The topological polar surface area (TPSA) is 82.6 Å². The number of carbonyl (C=O) groups excluding carboxylic acids is 3. The maximum atomic E-state index is 12.5. The van der Waals surface area contributed by atoms with Gasteiger partial charge in [-0.25, -0.2) is 0 Å². The quantitative estimate of drug-likeness (QED) is 0.431. The van der Waals surface area contributed by atoms with Crippen LogP contribution < -0.4 is 0 Å². The van der Waals surface area contributed by atoms with Gasteiger partial charge in [-0.3, -0.25) is 19.4 Å². The lowest BCUT2D eigenvalue weighted by atomic mass is 9.97. The Labute approximate surface area is 123 Å². The van der Waals surface area contributed by atoms with Gasteiger partial charge in [-0.1, -0.05) is 13.0 Å². The highest BCUT2D eigenvalue weighted by Crippen LogP contribution is 2.15. The Morgan fingerprint density at radius 2 is 1.67 bits per heavy atom. The standard InChI is InChI=1S/C15H19NO5/c1-4-10-8-7-9-16-12(10)13(17)11(14(18)20-5-2)15(19)21-6-3/h7-9,11H,4-6H2,1-3H3. The molecule has 0 atom stereocenters. The van der Waals surface area contributed by atoms with Gasteiger partial charge in [0.15, 0.2) is 0 Å². The SMILES string of the molecule is CCOC(=O)C(C(=O)OCC)C(=O)c1ncccc1CC. The number of hydrogen-bond donors (Lipinski definition) is 0. The molecule has 0 N–H and O–H groups in total. The first kappa shape index (κ1) is 16.8. The van der Waals surface area contributed by atoms with Crippen LogP contribution in [0.5, 0.6) is 0 Å². The lowest BCUT2D eigenvalue weighted by molar-refractivity contribution is -0.158. The van der Waals surface area contributed by atoms with Gasteiger partial charge in [0, 0.05) is 6.20 Å². The summed E-state index contributed by atoms with van der Waals surface area (Å²) in [5, 5.41) is 0. The molecule has 0 aliphatic rings. The molecular formula is C15H19NO5. The van der Waals surface area contributed by atoms with Gasteiger partial charge in [0.05, 0.1) is 13.2 Å². The maximum absolute atomic E-state index is 12.5. The van der Waals surface area contributed by atoms with Crippen molar-refractivity contribution in [3.8, 4) is 0 Å². The molecule has 0 fully saturated rings. The molecule has 0 aliphatic heterocycles. The first-order chi connectivity index (χ1) is 10.1. The number of rotatable bonds is 7. The number of nitrogens with zero attached hydrogens (tertiary/aromatic N) is 1. The fraction of sp³-hybridized carbons (Fsp3) is 0.467. The smallest absolute Gasteiger partial charge is 0.328 e. The molecule has 0 unspecified atom stereocenters. The molecule has 0 radical (unpaired) electrons. The van der Waals surface area contributed by atoms with E-state index in [2.05, 4.69) is 4.98 Å². The molecular weight excluding hydrogens is 274 g/mol. The summed E-state index contributed by atoms with van der Waals surface area (Å²) in [5.74, 6) is -4.13. The molecule has 1 rings (SSSR count). The van der Waals surface area contributed by atoms with E-state index in [1.165, 1.54) is 6.20 Å². The highest BCUT2D eigenvalue weighted by atomic mass is 16.6. The summed E-state index contributed by atoms with van der Waals surface area (Å²) >= 11 is 0. The molecule has 0 saturated heterocycles. The first-order valence-electron chi connectivity index (χ1n) is 6.88. The van der Waals surface area contributed by atoms with E-state index in [4.69, 9.17) is 9.47 Å². The van der Waals surface area contributed by atoms with Gasteiger partial charge >= 0.3 is 11.9 Å². The van der Waals surface area contributed by atoms with Gasteiger partial charge in [-0.05, 0) is 31.9 Å². The van der Waals surface area contributed by atoms with E-state index in [0.717, 1.165) is 0 Å². The summed E-state index contributed by atoms with van der Waals surface area (Å²) in [7, 11) is 0. The van der Waals surface area contributed by atoms with Crippen molar-refractivity contribution in [2.45, 2.75) is 27.2 Å². The number of carbonyl (C=O) groups is 3. The monoisotopic (exact) mass is 293 g/mol. The molecule has 1 heterocycles. The van der Waals surface area contributed by atoms with Crippen molar-refractivity contribution in [1.29, 1.82) is 0 Å². The van der Waals surface area contributed by atoms with E-state index in [-0.39, 0.29) is 18.9 Å². The zero-order valence-electron chi connectivity index (χ0n) is 12.4. The number of hydrogen-bond acceptors (Lipinski definition) is 6. The summed E-state index contributed by atoms with van der Waals surface area (Å²) in [6.45, 7) is 5.21. The Balaban J connectivity index is 3.15. The molecule has 0 aromatic carbocycles. The van der Waals surface area contributed by atoms with E-state index in [9.17, 15) is 14.4 Å². The molecule has 1 aromatic heterocycles. The molecule has 0 bridgehead atoms. The third-order valence-corrected chi connectivity index (χ3v) is 2.81. The summed E-state index contributed by atoms with van der Waals surface area (Å²) in [5.41, 5.74) is 0.771. The van der Waals surface area contributed by atoms with Crippen LogP contribution in [0.3, 0.4) is 0 Å². The van der Waals surface area contributed by atoms with Crippen molar-refractivity contribution in [1.82, 2.24) is 4.98 Å². The van der Waals surface area contributed by atoms with Crippen molar-refractivity contribution >= 4 is 17.7 Å². The number of ketones is 1. The summed E-state index contributed by atoms with van der Waals surface area (Å²) in [6.07, 6.45) is 2.01. The Kier molecular flexibility index (Phi) is 6.52. The van der Waals surface area contributed by atoms with E-state index >= 15 is 0 Å². The van der Waals surface area contributed by atoms with Crippen molar-refractivity contribution < 1.29 is 23.9 Å². The van der Waals surface area contributed by atoms with Crippen LogP contribution in [0.1, 0.15) is 36.8 Å². The number of ether oxygens (including phenoxy) is 2. The molecule has 1 aromatic rings. The average molecular weight is 293 g/mol. The second kappa shape index (κ2) is 8.14. The summed E-state index contributed by atoms with van der Waals surface area (Å²) in [4.78, 5) is 40.3. The van der Waals surface area contributed by atoms with E-state index in [0.29, 0.717) is 12.0 Å². The molecule has 6 heteroatoms. The molecule has 0 spiro atoms. The molecule has 0 saturated carbocycles. The molecule has 114 valence electrons. The van der Waals surface area contributed by atoms with Crippen LogP contribution in [-0.2, 0) is 25.5 Å². The molecule has 6 nitrogen and oxygen atoms in total. The zero-order valence-corrected chi connectivity index (χ0v) is 12.4. The van der Waals surface area contributed by atoms with Crippen molar-refractivity contribution in [3.05, 3.63) is 29.6 Å². The fourth-order valence-corrected chi connectivity index (χ4v) is 1.84. The fourth-order valence-electron chi connectivity index (χ4n) is 1.84. The van der Waals surface area contributed by atoms with Crippen LogP contribution in [0.2, 0.25) is 0 Å². The number of esters is 2. The van der Waals surface area contributed by atoms with Gasteiger partial charge < -0.3 is 9.47 Å². The molecule has 0 aliphatic carbocycles. The van der Waals surface area contributed by atoms with Gasteiger partial charge in [-0.2, -0.15) is 0 Å². The number of aryl methyl sites for hydroxylation is 1. The van der Waals surface area contributed by atoms with Crippen LogP contribution in [0.25, 0.3) is 0 Å². The lowest BCUT2D eigenvalue weighted by Crippen LogP contribution is -2.35. The Hall–Kier alpha value is -2.24. The highest BCUT2D eigenvalue weighted by molar-refractivity contribution is 6.20. The predicted octanol–water partition coefficient (Wildman–Crippen LogP) is 1.57. The minimum atomic E-state index is -1.62. The van der Waals surface area contributed by atoms with E-state index < -0.39 is 23.6 Å². The van der Waals surface area contributed by atoms with Gasteiger partial charge in [0.25, 0.3) is 0 Å². The second-order valence-electron chi connectivity index (χ2n) is 4.17. The van der Waals surface area contributed by atoms with Gasteiger partial charge in [0.1, 0.15) is 5.69 Å². The van der Waals surface area contributed by atoms with Crippen LogP contribution in [0.4, 0.5) is 0 Å². The number of aromatic nitrogens is 1. The normalized spacial score (nSPS) is 10.3. The van der Waals surface area contributed by atoms with Crippen LogP contribution in [0, 0.1) is 5.92 Å². The van der Waals surface area contributed by atoms with Crippen LogP contribution in [-0.4, -0.2) is 35.9 Å². The lowest BCUT2D eigenvalue weighted by Gasteiger charge is -2.14.